The zero-order valence-corrected chi connectivity index (χ0v) is 19.2. The molecule has 7 nitrogen and oxygen atoms in total. The molecular weight excluding hydrogens is 434 g/mol. The molecule has 3 rings (SSSR count). The molecule has 0 saturated heterocycles. The quantitative estimate of drug-likeness (QED) is 0.236. The highest BCUT2D eigenvalue weighted by molar-refractivity contribution is 7.99. The SMILES string of the molecule is C=CCn1c(SCC(=O)Nc2sc(C)c(C)c2C(=O)OCC)nc2ccccc2c1=O. The molecular formula is C22H23N3O4S2. The number of thiophene rings is 1. The Bertz CT molecular complexity index is 1210. The Kier molecular flexibility index (Phi) is 7.29. The number of para-hydroxylation sites is 1. The van der Waals surface area contributed by atoms with Crippen LogP contribution in [-0.4, -0.2) is 33.8 Å². The first kappa shape index (κ1) is 22.8. The lowest BCUT2D eigenvalue weighted by molar-refractivity contribution is -0.113. The molecule has 162 valence electrons. The van der Waals surface area contributed by atoms with E-state index in [1.165, 1.54) is 15.9 Å². The van der Waals surface area contributed by atoms with Gasteiger partial charge < -0.3 is 10.1 Å². The van der Waals surface area contributed by atoms with Gasteiger partial charge in [0, 0.05) is 11.4 Å². The molecule has 0 saturated carbocycles. The molecule has 1 aromatic carbocycles. The Morgan fingerprint density at radius 1 is 1.32 bits per heavy atom. The second-order valence-electron chi connectivity index (χ2n) is 6.66. The maximum Gasteiger partial charge on any atom is 0.341 e. The van der Waals surface area contributed by atoms with E-state index in [4.69, 9.17) is 4.74 Å². The third-order valence-corrected chi connectivity index (χ3v) is 6.69. The normalized spacial score (nSPS) is 10.8. The zero-order valence-electron chi connectivity index (χ0n) is 17.6. The number of anilines is 1. The van der Waals surface area contributed by atoms with Crippen LogP contribution in [-0.2, 0) is 16.1 Å². The number of ether oxygens (including phenoxy) is 1. The monoisotopic (exact) mass is 457 g/mol. The molecule has 0 atom stereocenters. The van der Waals surface area contributed by atoms with Crippen molar-refractivity contribution < 1.29 is 14.3 Å². The molecule has 1 N–H and O–H groups in total. The summed E-state index contributed by atoms with van der Waals surface area (Å²) in [5.74, 6) is -0.729. The molecule has 0 radical (unpaired) electrons. The molecule has 0 aliphatic rings. The summed E-state index contributed by atoms with van der Waals surface area (Å²) in [5.41, 5.74) is 1.57. The van der Waals surface area contributed by atoms with Gasteiger partial charge in [0.05, 0.1) is 28.8 Å². The number of benzene rings is 1. The van der Waals surface area contributed by atoms with Crippen LogP contribution in [0.15, 0.2) is 46.9 Å². The molecule has 2 aromatic heterocycles. The number of esters is 1. The van der Waals surface area contributed by atoms with Crippen LogP contribution in [0.5, 0.6) is 0 Å². The number of aromatic nitrogens is 2. The number of nitrogens with one attached hydrogen (secondary N) is 1. The van der Waals surface area contributed by atoms with Crippen LogP contribution < -0.4 is 10.9 Å². The van der Waals surface area contributed by atoms with E-state index in [0.717, 1.165) is 22.2 Å². The molecule has 0 spiro atoms. The zero-order chi connectivity index (χ0) is 22.5. The fourth-order valence-electron chi connectivity index (χ4n) is 3.00. The molecule has 31 heavy (non-hydrogen) atoms. The van der Waals surface area contributed by atoms with Crippen LogP contribution in [0.4, 0.5) is 5.00 Å². The minimum absolute atomic E-state index is 0.0280. The standard InChI is InChI=1S/C22H23N3O4S2/c1-5-11-25-20(27)15-9-7-8-10-16(15)23-22(25)30-12-17(26)24-19-18(21(28)29-6-2)13(3)14(4)31-19/h5,7-10H,1,6,11-12H2,2-4H3,(H,24,26). The van der Waals surface area contributed by atoms with E-state index >= 15 is 0 Å². The summed E-state index contributed by atoms with van der Waals surface area (Å²) in [6.07, 6.45) is 1.62. The Morgan fingerprint density at radius 2 is 2.06 bits per heavy atom. The first-order chi connectivity index (χ1) is 14.9. The van der Waals surface area contributed by atoms with Gasteiger partial charge in [-0.1, -0.05) is 30.0 Å². The summed E-state index contributed by atoms with van der Waals surface area (Å²) in [6, 6.07) is 7.09. The van der Waals surface area contributed by atoms with Gasteiger partial charge in [-0.05, 0) is 38.5 Å². The first-order valence-corrected chi connectivity index (χ1v) is 11.5. The minimum atomic E-state index is -0.455. The number of carbonyl (C=O) groups excluding carboxylic acids is 2. The lowest BCUT2D eigenvalue weighted by Gasteiger charge is -2.11. The Morgan fingerprint density at radius 3 is 2.77 bits per heavy atom. The van der Waals surface area contributed by atoms with Crippen LogP contribution in [0.2, 0.25) is 0 Å². The number of aryl methyl sites for hydroxylation is 1. The van der Waals surface area contributed by atoms with Crippen molar-refractivity contribution in [1.82, 2.24) is 9.55 Å². The number of nitrogens with zero attached hydrogens (tertiary/aromatic N) is 2. The topological polar surface area (TPSA) is 90.3 Å². The van der Waals surface area contributed by atoms with Crippen molar-refractivity contribution in [3.8, 4) is 0 Å². The van der Waals surface area contributed by atoms with Gasteiger partial charge in [-0.3, -0.25) is 14.2 Å². The summed E-state index contributed by atoms with van der Waals surface area (Å²) >= 11 is 2.49. The van der Waals surface area contributed by atoms with E-state index < -0.39 is 5.97 Å². The van der Waals surface area contributed by atoms with Crippen molar-refractivity contribution in [3.63, 3.8) is 0 Å². The number of amides is 1. The van der Waals surface area contributed by atoms with E-state index in [9.17, 15) is 14.4 Å². The molecule has 3 aromatic rings. The van der Waals surface area contributed by atoms with Crippen LogP contribution >= 0.6 is 23.1 Å². The van der Waals surface area contributed by atoms with Crippen molar-refractivity contribution in [2.75, 3.05) is 17.7 Å². The predicted octanol–water partition coefficient (Wildman–Crippen LogP) is 4.17. The molecule has 0 unspecified atom stereocenters. The number of thioether (sulfide) groups is 1. The molecule has 9 heteroatoms. The molecule has 2 heterocycles. The maximum absolute atomic E-state index is 12.8. The Hall–Kier alpha value is -2.91. The van der Waals surface area contributed by atoms with Crippen LogP contribution in [0.3, 0.4) is 0 Å². The highest BCUT2D eigenvalue weighted by Gasteiger charge is 2.22. The van der Waals surface area contributed by atoms with Crippen molar-refractivity contribution >= 4 is 50.9 Å². The summed E-state index contributed by atoms with van der Waals surface area (Å²) in [4.78, 5) is 43.2. The van der Waals surface area contributed by atoms with E-state index in [1.54, 1.807) is 31.2 Å². The van der Waals surface area contributed by atoms with Crippen molar-refractivity contribution in [1.29, 1.82) is 0 Å². The first-order valence-electron chi connectivity index (χ1n) is 9.67. The second-order valence-corrected chi connectivity index (χ2v) is 8.83. The fraction of sp³-hybridized carbons (Fsp3) is 0.273. The van der Waals surface area contributed by atoms with E-state index in [2.05, 4.69) is 16.9 Å². The number of fused-ring (bicyclic) bond motifs is 1. The Labute approximate surface area is 188 Å². The summed E-state index contributed by atoms with van der Waals surface area (Å²) in [7, 11) is 0. The second kappa shape index (κ2) is 9.93. The number of allylic oxidation sites excluding steroid dienone is 1. The molecule has 0 fully saturated rings. The van der Waals surface area contributed by atoms with Crippen molar-refractivity contribution in [2.45, 2.75) is 32.5 Å². The van der Waals surface area contributed by atoms with Crippen LogP contribution in [0.25, 0.3) is 10.9 Å². The van der Waals surface area contributed by atoms with E-state index in [1.807, 2.05) is 19.9 Å². The predicted molar refractivity (Wildman–Crippen MR) is 125 cm³/mol. The highest BCUT2D eigenvalue weighted by Crippen LogP contribution is 2.33. The largest absolute Gasteiger partial charge is 0.462 e. The average molecular weight is 458 g/mol. The third-order valence-electron chi connectivity index (χ3n) is 4.59. The lowest BCUT2D eigenvalue weighted by atomic mass is 10.1. The third kappa shape index (κ3) is 4.88. The van der Waals surface area contributed by atoms with Crippen molar-refractivity contribution in [2.24, 2.45) is 0 Å². The summed E-state index contributed by atoms with van der Waals surface area (Å²) in [5, 5.41) is 4.22. The number of hydrogen-bond donors (Lipinski definition) is 1. The molecule has 0 bridgehead atoms. The van der Waals surface area contributed by atoms with Gasteiger partial charge in [0.25, 0.3) is 5.56 Å². The number of hydrogen-bond acceptors (Lipinski definition) is 7. The molecule has 0 aliphatic heterocycles. The fourth-order valence-corrected chi connectivity index (χ4v) is 4.88. The van der Waals surface area contributed by atoms with Gasteiger partial charge in [0.1, 0.15) is 5.00 Å². The summed E-state index contributed by atoms with van der Waals surface area (Å²) in [6.45, 7) is 9.70. The number of rotatable bonds is 8. The highest BCUT2D eigenvalue weighted by atomic mass is 32.2. The molecule has 0 aliphatic carbocycles. The van der Waals surface area contributed by atoms with Gasteiger partial charge >= 0.3 is 5.97 Å². The maximum atomic E-state index is 12.8. The molecule has 1 amide bonds. The van der Waals surface area contributed by atoms with Gasteiger partial charge in [0.15, 0.2) is 5.16 Å². The van der Waals surface area contributed by atoms with E-state index in [-0.39, 0.29) is 30.4 Å². The smallest absolute Gasteiger partial charge is 0.341 e. The van der Waals surface area contributed by atoms with Crippen LogP contribution in [0, 0.1) is 13.8 Å². The van der Waals surface area contributed by atoms with Crippen LogP contribution in [0.1, 0.15) is 27.7 Å². The van der Waals surface area contributed by atoms with E-state index in [0.29, 0.717) is 26.6 Å². The average Bonchev–Trinajstić information content (AvgIpc) is 3.02. The Balaban J connectivity index is 1.82. The lowest BCUT2D eigenvalue weighted by Crippen LogP contribution is -2.24. The van der Waals surface area contributed by atoms with Gasteiger partial charge in [0.2, 0.25) is 5.91 Å². The minimum Gasteiger partial charge on any atom is -0.462 e. The summed E-state index contributed by atoms with van der Waals surface area (Å²) < 4.78 is 6.62. The van der Waals surface area contributed by atoms with Gasteiger partial charge in [-0.15, -0.1) is 17.9 Å². The van der Waals surface area contributed by atoms with Gasteiger partial charge in [-0.25, -0.2) is 9.78 Å². The van der Waals surface area contributed by atoms with Gasteiger partial charge in [-0.2, -0.15) is 0 Å². The number of carbonyl (C=O) groups is 2. The van der Waals surface area contributed by atoms with Crippen molar-refractivity contribution in [3.05, 3.63) is 63.3 Å².